The summed E-state index contributed by atoms with van der Waals surface area (Å²) < 4.78 is 11.3. The van der Waals surface area contributed by atoms with Crippen molar-refractivity contribution in [1.29, 1.82) is 0 Å². The number of hydrogen-bond acceptors (Lipinski definition) is 3. The molecular formula is C18H21N3O2. The summed E-state index contributed by atoms with van der Waals surface area (Å²) in [5, 5.41) is 3.09. The SMILES string of the molecule is Cc1ccc(CN=C(N)Nc2ccc3c(c2)OCCCO3)cc1. The summed E-state index contributed by atoms with van der Waals surface area (Å²) in [6.07, 6.45) is 0.886. The van der Waals surface area contributed by atoms with Gasteiger partial charge in [0.25, 0.3) is 0 Å². The highest BCUT2D eigenvalue weighted by atomic mass is 16.5. The zero-order valence-corrected chi connectivity index (χ0v) is 13.2. The third-order valence-electron chi connectivity index (χ3n) is 3.57. The Balaban J connectivity index is 1.65. The maximum absolute atomic E-state index is 5.96. The molecule has 0 fully saturated rings. The second kappa shape index (κ2) is 7.05. The first kappa shape index (κ1) is 15.2. The highest BCUT2D eigenvalue weighted by Gasteiger charge is 2.10. The average Bonchev–Trinajstić information content (AvgIpc) is 2.79. The molecule has 2 aromatic rings. The van der Waals surface area contributed by atoms with Crippen LogP contribution < -0.4 is 20.5 Å². The zero-order chi connectivity index (χ0) is 16.1. The molecule has 0 amide bonds. The lowest BCUT2D eigenvalue weighted by atomic mass is 10.1. The monoisotopic (exact) mass is 311 g/mol. The summed E-state index contributed by atoms with van der Waals surface area (Å²) in [4.78, 5) is 4.36. The van der Waals surface area contributed by atoms with Crippen LogP contribution in [0, 0.1) is 6.92 Å². The molecule has 0 unspecified atom stereocenters. The van der Waals surface area contributed by atoms with Crippen LogP contribution >= 0.6 is 0 Å². The van der Waals surface area contributed by atoms with Crippen molar-refractivity contribution in [3.63, 3.8) is 0 Å². The van der Waals surface area contributed by atoms with E-state index in [4.69, 9.17) is 15.2 Å². The number of nitrogens with two attached hydrogens (primary N) is 1. The van der Waals surface area contributed by atoms with Gasteiger partial charge >= 0.3 is 0 Å². The molecule has 1 heterocycles. The molecule has 2 aromatic carbocycles. The lowest BCUT2D eigenvalue weighted by Crippen LogP contribution is -2.22. The van der Waals surface area contributed by atoms with E-state index in [9.17, 15) is 0 Å². The smallest absolute Gasteiger partial charge is 0.193 e. The van der Waals surface area contributed by atoms with E-state index in [1.165, 1.54) is 5.56 Å². The highest BCUT2D eigenvalue weighted by molar-refractivity contribution is 5.92. The van der Waals surface area contributed by atoms with Crippen molar-refractivity contribution < 1.29 is 9.47 Å². The number of nitrogens with one attached hydrogen (secondary N) is 1. The van der Waals surface area contributed by atoms with E-state index < -0.39 is 0 Å². The highest BCUT2D eigenvalue weighted by Crippen LogP contribution is 2.32. The van der Waals surface area contributed by atoms with Crippen molar-refractivity contribution in [3.05, 3.63) is 53.6 Å². The van der Waals surface area contributed by atoms with E-state index in [-0.39, 0.29) is 0 Å². The first-order valence-corrected chi connectivity index (χ1v) is 7.73. The van der Waals surface area contributed by atoms with Crippen LogP contribution in [0.1, 0.15) is 17.5 Å². The Labute approximate surface area is 136 Å². The minimum atomic E-state index is 0.375. The largest absolute Gasteiger partial charge is 0.490 e. The number of hydrogen-bond donors (Lipinski definition) is 2. The normalized spacial score (nSPS) is 14.2. The third kappa shape index (κ3) is 4.16. The van der Waals surface area contributed by atoms with Gasteiger partial charge in [-0.15, -0.1) is 0 Å². The summed E-state index contributed by atoms with van der Waals surface area (Å²) in [5.41, 5.74) is 9.15. The van der Waals surface area contributed by atoms with Crippen LogP contribution in [-0.4, -0.2) is 19.2 Å². The second-order valence-corrected chi connectivity index (χ2v) is 5.52. The van der Waals surface area contributed by atoms with Crippen molar-refractivity contribution >= 4 is 11.6 Å². The van der Waals surface area contributed by atoms with Gasteiger partial charge in [0.2, 0.25) is 0 Å². The van der Waals surface area contributed by atoms with Gasteiger partial charge in [0.1, 0.15) is 0 Å². The predicted molar refractivity (Wildman–Crippen MR) is 92.2 cm³/mol. The number of anilines is 1. The van der Waals surface area contributed by atoms with Gasteiger partial charge in [0, 0.05) is 18.2 Å². The minimum Gasteiger partial charge on any atom is -0.490 e. The summed E-state index contributed by atoms with van der Waals surface area (Å²) in [6, 6.07) is 13.9. The maximum atomic E-state index is 5.96. The van der Waals surface area contributed by atoms with E-state index in [0.29, 0.717) is 25.7 Å². The van der Waals surface area contributed by atoms with E-state index in [1.807, 2.05) is 18.2 Å². The van der Waals surface area contributed by atoms with Crippen LogP contribution in [-0.2, 0) is 6.54 Å². The maximum Gasteiger partial charge on any atom is 0.193 e. The van der Waals surface area contributed by atoms with Crippen molar-refractivity contribution in [2.75, 3.05) is 18.5 Å². The first-order valence-electron chi connectivity index (χ1n) is 7.73. The molecule has 0 aromatic heterocycles. The molecule has 0 atom stereocenters. The second-order valence-electron chi connectivity index (χ2n) is 5.52. The van der Waals surface area contributed by atoms with E-state index >= 15 is 0 Å². The Morgan fingerprint density at radius 2 is 1.83 bits per heavy atom. The Kier molecular flexibility index (Phi) is 4.66. The van der Waals surface area contributed by atoms with Crippen LogP contribution in [0.3, 0.4) is 0 Å². The fourth-order valence-corrected chi connectivity index (χ4v) is 2.30. The van der Waals surface area contributed by atoms with Gasteiger partial charge in [-0.1, -0.05) is 29.8 Å². The van der Waals surface area contributed by atoms with Gasteiger partial charge in [0.15, 0.2) is 17.5 Å². The molecule has 3 rings (SSSR count). The summed E-state index contributed by atoms with van der Waals surface area (Å²) in [7, 11) is 0. The number of aryl methyl sites for hydroxylation is 1. The molecule has 120 valence electrons. The zero-order valence-electron chi connectivity index (χ0n) is 13.2. The third-order valence-corrected chi connectivity index (χ3v) is 3.57. The summed E-state index contributed by atoms with van der Waals surface area (Å²) >= 11 is 0. The quantitative estimate of drug-likeness (QED) is 0.675. The molecule has 1 aliphatic rings. The average molecular weight is 311 g/mol. The molecule has 0 radical (unpaired) electrons. The number of aliphatic imine (C=N–C) groups is 1. The van der Waals surface area contributed by atoms with Gasteiger partial charge in [-0.2, -0.15) is 0 Å². The number of rotatable bonds is 3. The number of benzene rings is 2. The van der Waals surface area contributed by atoms with Crippen LogP contribution in [0.4, 0.5) is 5.69 Å². The first-order chi connectivity index (χ1) is 11.2. The molecule has 0 aliphatic carbocycles. The van der Waals surface area contributed by atoms with Crippen LogP contribution in [0.15, 0.2) is 47.5 Å². The number of ether oxygens (including phenoxy) is 2. The number of nitrogens with zero attached hydrogens (tertiary/aromatic N) is 1. The van der Waals surface area contributed by atoms with Gasteiger partial charge in [-0.3, -0.25) is 0 Å². The van der Waals surface area contributed by atoms with Gasteiger partial charge in [-0.25, -0.2) is 4.99 Å². The molecule has 0 saturated heterocycles. The predicted octanol–water partition coefficient (Wildman–Crippen LogP) is 3.08. The molecule has 3 N–H and O–H groups in total. The van der Waals surface area contributed by atoms with Crippen LogP contribution in [0.25, 0.3) is 0 Å². The Morgan fingerprint density at radius 1 is 1.09 bits per heavy atom. The van der Waals surface area contributed by atoms with Crippen molar-refractivity contribution in [1.82, 2.24) is 0 Å². The standard InChI is InChI=1S/C18H21N3O2/c1-13-3-5-14(6-4-13)12-20-18(19)21-15-7-8-16-17(11-15)23-10-2-9-22-16/h3-8,11H,2,9-10,12H2,1H3,(H3,19,20,21). The number of guanidine groups is 1. The van der Waals surface area contributed by atoms with Crippen LogP contribution in [0.2, 0.25) is 0 Å². The number of fused-ring (bicyclic) bond motifs is 1. The molecule has 1 aliphatic heterocycles. The lowest BCUT2D eigenvalue weighted by Gasteiger charge is -2.10. The molecular weight excluding hydrogens is 290 g/mol. The molecule has 0 bridgehead atoms. The van der Waals surface area contributed by atoms with Gasteiger partial charge in [-0.05, 0) is 24.6 Å². The fraction of sp³-hybridized carbons (Fsp3) is 0.278. The van der Waals surface area contributed by atoms with Crippen molar-refractivity contribution in [2.45, 2.75) is 19.9 Å². The molecule has 5 heteroatoms. The Bertz CT molecular complexity index is 696. The summed E-state index contributed by atoms with van der Waals surface area (Å²) in [6.45, 7) is 3.95. The molecule has 0 saturated carbocycles. The lowest BCUT2D eigenvalue weighted by molar-refractivity contribution is 0.297. The topological polar surface area (TPSA) is 68.9 Å². The van der Waals surface area contributed by atoms with E-state index in [0.717, 1.165) is 29.2 Å². The van der Waals surface area contributed by atoms with Gasteiger partial charge < -0.3 is 20.5 Å². The Hall–Kier alpha value is -2.69. The summed E-state index contributed by atoms with van der Waals surface area (Å²) in [5.74, 6) is 1.88. The van der Waals surface area contributed by atoms with Gasteiger partial charge in [0.05, 0.1) is 19.8 Å². The fourth-order valence-electron chi connectivity index (χ4n) is 2.30. The Morgan fingerprint density at radius 3 is 2.61 bits per heavy atom. The van der Waals surface area contributed by atoms with E-state index in [2.05, 4.69) is 41.5 Å². The van der Waals surface area contributed by atoms with Crippen LogP contribution in [0.5, 0.6) is 11.5 Å². The molecule has 0 spiro atoms. The van der Waals surface area contributed by atoms with Crippen molar-refractivity contribution in [2.24, 2.45) is 10.7 Å². The minimum absolute atomic E-state index is 0.375. The molecule has 23 heavy (non-hydrogen) atoms. The van der Waals surface area contributed by atoms with E-state index in [1.54, 1.807) is 0 Å². The molecule has 5 nitrogen and oxygen atoms in total. The van der Waals surface area contributed by atoms with Crippen molar-refractivity contribution in [3.8, 4) is 11.5 Å².